The van der Waals surface area contributed by atoms with Gasteiger partial charge < -0.3 is 4.74 Å². The number of thiocarbonyl (C=S) groups is 1. The fourth-order valence-corrected chi connectivity index (χ4v) is 2.75. The molecule has 146 valence electrons. The first-order chi connectivity index (χ1) is 13.3. The van der Waals surface area contributed by atoms with Gasteiger partial charge in [0.05, 0.1) is 9.40 Å². The number of nitro benzene ring substituents is 1. The maximum absolute atomic E-state index is 12.0. The quantitative estimate of drug-likeness (QED) is 0.351. The van der Waals surface area contributed by atoms with E-state index in [4.69, 9.17) is 17.0 Å². The number of nitrogens with one attached hydrogen (secondary N) is 3. The molecule has 2 rings (SSSR count). The van der Waals surface area contributed by atoms with E-state index in [0.29, 0.717) is 10.2 Å². The fraction of sp³-hybridized carbons (Fsp3) is 0.118. The molecule has 0 aliphatic rings. The molecule has 0 atom stereocenters. The van der Waals surface area contributed by atoms with Gasteiger partial charge in [0, 0.05) is 17.7 Å². The Morgan fingerprint density at radius 1 is 1.21 bits per heavy atom. The summed E-state index contributed by atoms with van der Waals surface area (Å²) in [7, 11) is 0. The number of amides is 2. The average Bonchev–Trinajstić information content (AvgIpc) is 2.65. The lowest BCUT2D eigenvalue weighted by molar-refractivity contribution is -0.384. The number of hydrazine groups is 1. The molecule has 0 unspecified atom stereocenters. The van der Waals surface area contributed by atoms with Crippen LogP contribution in [0.5, 0.6) is 5.75 Å². The number of halogens is 1. The van der Waals surface area contributed by atoms with Crippen molar-refractivity contribution in [1.82, 2.24) is 16.2 Å². The van der Waals surface area contributed by atoms with Crippen molar-refractivity contribution in [2.45, 2.75) is 6.92 Å². The molecule has 2 aromatic rings. The van der Waals surface area contributed by atoms with Gasteiger partial charge in [0.2, 0.25) is 0 Å². The van der Waals surface area contributed by atoms with Gasteiger partial charge in [-0.2, -0.15) is 0 Å². The second-order valence-electron chi connectivity index (χ2n) is 5.49. The van der Waals surface area contributed by atoms with E-state index in [9.17, 15) is 19.7 Å². The van der Waals surface area contributed by atoms with E-state index in [-0.39, 0.29) is 23.0 Å². The van der Waals surface area contributed by atoms with Crippen LogP contribution < -0.4 is 20.9 Å². The highest BCUT2D eigenvalue weighted by atomic mass is 79.9. The van der Waals surface area contributed by atoms with Gasteiger partial charge in [-0.15, -0.1) is 0 Å². The number of non-ortho nitro benzene ring substituents is 1. The summed E-state index contributed by atoms with van der Waals surface area (Å²) in [4.78, 5) is 34.0. The Balaban J connectivity index is 1.80. The van der Waals surface area contributed by atoms with Crippen molar-refractivity contribution in [3.8, 4) is 5.75 Å². The second-order valence-corrected chi connectivity index (χ2v) is 6.75. The number of ether oxygens (including phenoxy) is 1. The highest BCUT2D eigenvalue weighted by molar-refractivity contribution is 9.10. The van der Waals surface area contributed by atoms with Gasteiger partial charge in [-0.3, -0.25) is 35.9 Å². The van der Waals surface area contributed by atoms with Crippen molar-refractivity contribution < 1.29 is 19.2 Å². The number of carbonyl (C=O) groups excluding carboxylic acids is 2. The van der Waals surface area contributed by atoms with E-state index in [1.165, 1.54) is 18.2 Å². The largest absolute Gasteiger partial charge is 0.483 e. The van der Waals surface area contributed by atoms with Crippen molar-refractivity contribution in [3.63, 3.8) is 0 Å². The van der Waals surface area contributed by atoms with Crippen molar-refractivity contribution in [2.75, 3.05) is 6.61 Å². The second kappa shape index (κ2) is 9.76. The first-order valence-electron chi connectivity index (χ1n) is 7.80. The number of hydrogen-bond acceptors (Lipinski definition) is 6. The molecule has 3 N–H and O–H groups in total. The molecular weight excluding hydrogens is 452 g/mol. The average molecular weight is 467 g/mol. The molecule has 0 spiro atoms. The monoisotopic (exact) mass is 466 g/mol. The van der Waals surface area contributed by atoms with Crippen LogP contribution >= 0.6 is 28.1 Å². The molecular formula is C17H15BrN4O5S. The molecule has 28 heavy (non-hydrogen) atoms. The highest BCUT2D eigenvalue weighted by Gasteiger charge is 2.13. The molecule has 0 aliphatic carbocycles. The molecule has 9 nitrogen and oxygen atoms in total. The summed E-state index contributed by atoms with van der Waals surface area (Å²) in [5.74, 6) is -0.683. The molecule has 0 radical (unpaired) electrons. The minimum Gasteiger partial charge on any atom is -0.483 e. The summed E-state index contributed by atoms with van der Waals surface area (Å²) < 4.78 is 6.09. The topological polar surface area (TPSA) is 123 Å². The molecule has 11 heteroatoms. The van der Waals surface area contributed by atoms with E-state index in [1.54, 1.807) is 6.07 Å². The van der Waals surface area contributed by atoms with Crippen LogP contribution in [-0.4, -0.2) is 28.5 Å². The van der Waals surface area contributed by atoms with Crippen LogP contribution in [0.4, 0.5) is 5.69 Å². The van der Waals surface area contributed by atoms with Gasteiger partial charge in [-0.05, 0) is 58.8 Å². The molecule has 0 saturated carbocycles. The van der Waals surface area contributed by atoms with Crippen LogP contribution in [-0.2, 0) is 4.79 Å². The highest BCUT2D eigenvalue weighted by Crippen LogP contribution is 2.25. The van der Waals surface area contributed by atoms with Crippen molar-refractivity contribution in [3.05, 3.63) is 68.2 Å². The van der Waals surface area contributed by atoms with E-state index < -0.39 is 16.7 Å². The zero-order valence-electron chi connectivity index (χ0n) is 14.5. The lowest BCUT2D eigenvalue weighted by Crippen LogP contribution is -2.49. The Kier molecular flexibility index (Phi) is 7.41. The number of nitrogens with zero attached hydrogens (tertiary/aromatic N) is 1. The summed E-state index contributed by atoms with van der Waals surface area (Å²) in [5.41, 5.74) is 5.50. The Morgan fingerprint density at radius 2 is 1.96 bits per heavy atom. The molecule has 0 saturated heterocycles. The van der Waals surface area contributed by atoms with Gasteiger partial charge in [0.25, 0.3) is 17.5 Å². The van der Waals surface area contributed by atoms with Crippen molar-refractivity contribution in [2.24, 2.45) is 0 Å². The molecule has 0 aliphatic heterocycles. The zero-order valence-corrected chi connectivity index (χ0v) is 16.9. The number of benzene rings is 2. The third-order valence-corrected chi connectivity index (χ3v) is 4.13. The smallest absolute Gasteiger partial charge is 0.276 e. The van der Waals surface area contributed by atoms with Crippen LogP contribution in [0.3, 0.4) is 0 Å². The summed E-state index contributed by atoms with van der Waals surface area (Å²) in [5, 5.41) is 12.9. The molecule has 2 aromatic carbocycles. The van der Waals surface area contributed by atoms with Crippen LogP contribution in [0, 0.1) is 17.0 Å². The number of hydrogen-bond donors (Lipinski definition) is 3. The summed E-state index contributed by atoms with van der Waals surface area (Å²) in [6.45, 7) is 1.64. The number of aryl methyl sites for hydroxylation is 1. The van der Waals surface area contributed by atoms with Crippen molar-refractivity contribution >= 4 is 50.8 Å². The van der Waals surface area contributed by atoms with Crippen molar-refractivity contribution in [1.29, 1.82) is 0 Å². The standard InChI is InChI=1S/C17H15BrN4O5S/c1-10-5-6-14(13(18)7-10)27-9-15(23)20-21-17(28)19-16(24)11-3-2-4-12(8-11)22(25)26/h2-8H,9H2,1H3,(H,20,23)(H2,19,21,24,28). The van der Waals surface area contributed by atoms with Crippen LogP contribution in [0.2, 0.25) is 0 Å². The molecule has 0 aromatic heterocycles. The van der Waals surface area contributed by atoms with Crippen LogP contribution in [0.15, 0.2) is 46.9 Å². The summed E-state index contributed by atoms with van der Waals surface area (Å²) in [6.07, 6.45) is 0. The SMILES string of the molecule is Cc1ccc(OCC(=O)NNC(=S)NC(=O)c2cccc([N+](=O)[O-])c2)c(Br)c1. The minimum absolute atomic E-state index is 0.0530. The third-order valence-electron chi connectivity index (χ3n) is 3.31. The Labute approximate surface area is 173 Å². The van der Waals surface area contributed by atoms with E-state index >= 15 is 0 Å². The van der Waals surface area contributed by atoms with E-state index in [0.717, 1.165) is 11.6 Å². The van der Waals surface area contributed by atoms with Crippen LogP contribution in [0.1, 0.15) is 15.9 Å². The molecule has 0 heterocycles. The minimum atomic E-state index is -0.657. The lowest BCUT2D eigenvalue weighted by atomic mass is 10.2. The number of rotatable bonds is 5. The first-order valence-corrected chi connectivity index (χ1v) is 9.00. The van der Waals surface area contributed by atoms with Gasteiger partial charge >= 0.3 is 0 Å². The summed E-state index contributed by atoms with van der Waals surface area (Å²) >= 11 is 8.25. The fourth-order valence-electron chi connectivity index (χ4n) is 2.00. The third kappa shape index (κ3) is 6.28. The molecule has 2 amide bonds. The molecule has 0 fully saturated rings. The lowest BCUT2D eigenvalue weighted by Gasteiger charge is -2.12. The van der Waals surface area contributed by atoms with Gasteiger partial charge in [0.15, 0.2) is 11.7 Å². The maximum Gasteiger partial charge on any atom is 0.276 e. The Bertz CT molecular complexity index is 938. The predicted molar refractivity (Wildman–Crippen MR) is 109 cm³/mol. The summed E-state index contributed by atoms with van der Waals surface area (Å²) in [6, 6.07) is 10.6. The van der Waals surface area contributed by atoms with Gasteiger partial charge in [-0.25, -0.2) is 0 Å². The normalized spacial score (nSPS) is 9.93. The van der Waals surface area contributed by atoms with Gasteiger partial charge in [0.1, 0.15) is 5.75 Å². The molecule has 0 bridgehead atoms. The van der Waals surface area contributed by atoms with Crippen LogP contribution in [0.25, 0.3) is 0 Å². The zero-order chi connectivity index (χ0) is 20.7. The number of nitro groups is 1. The van der Waals surface area contributed by atoms with E-state index in [1.807, 2.05) is 19.1 Å². The maximum atomic E-state index is 12.0. The van der Waals surface area contributed by atoms with Gasteiger partial charge in [-0.1, -0.05) is 12.1 Å². The predicted octanol–water partition coefficient (Wildman–Crippen LogP) is 2.38. The number of carbonyl (C=O) groups is 2. The first kappa shape index (κ1) is 21.3. The van der Waals surface area contributed by atoms with E-state index in [2.05, 4.69) is 32.1 Å². The Morgan fingerprint density at radius 3 is 2.64 bits per heavy atom. The Hall–Kier alpha value is -3.05.